The smallest absolute Gasteiger partial charge is 0.347 e. The van der Waals surface area contributed by atoms with Gasteiger partial charge >= 0.3 is 5.69 Å². The summed E-state index contributed by atoms with van der Waals surface area (Å²) in [5, 5.41) is 0.412. The lowest BCUT2D eigenvalue weighted by Crippen LogP contribution is -2.23. The largest absolute Gasteiger partial charge is 0.398 e. The molecule has 1 heterocycles. The third-order valence-corrected chi connectivity index (χ3v) is 3.24. The zero-order valence-corrected chi connectivity index (χ0v) is 11.1. The Hall–Kier alpha value is -1.33. The van der Waals surface area contributed by atoms with E-state index in [4.69, 9.17) is 17.3 Å². The molecule has 0 saturated carbocycles. The van der Waals surface area contributed by atoms with E-state index in [1.54, 1.807) is 6.07 Å². The summed E-state index contributed by atoms with van der Waals surface area (Å²) in [6.07, 6.45) is 2.86. The highest BCUT2D eigenvalue weighted by molar-refractivity contribution is 9.10. The molecule has 0 aliphatic carbocycles. The molecular weight excluding hydrogens is 305 g/mol. The van der Waals surface area contributed by atoms with Crippen LogP contribution < -0.4 is 11.4 Å². The van der Waals surface area contributed by atoms with Crippen molar-refractivity contribution < 1.29 is 0 Å². The lowest BCUT2D eigenvalue weighted by molar-refractivity contribution is 0.726. The molecule has 1 aromatic carbocycles. The molecule has 17 heavy (non-hydrogen) atoms. The molecule has 2 rings (SSSR count). The van der Waals surface area contributed by atoms with Crippen molar-refractivity contribution in [3.8, 4) is 0 Å². The van der Waals surface area contributed by atoms with E-state index in [1.165, 1.54) is 17.0 Å². The highest BCUT2D eigenvalue weighted by Gasteiger charge is 2.06. The lowest BCUT2D eigenvalue weighted by atomic mass is 10.2. The molecule has 6 heteroatoms. The van der Waals surface area contributed by atoms with Gasteiger partial charge in [0, 0.05) is 21.9 Å². The van der Waals surface area contributed by atoms with Crippen LogP contribution in [0.4, 0.5) is 5.69 Å². The van der Waals surface area contributed by atoms with E-state index >= 15 is 0 Å². The maximum Gasteiger partial charge on any atom is 0.347 e. The summed E-state index contributed by atoms with van der Waals surface area (Å²) in [7, 11) is 0. The Bertz CT molecular complexity index is 592. The fraction of sp³-hybridized carbons (Fsp3) is 0.0909. The Morgan fingerprint density at radius 3 is 2.94 bits per heavy atom. The van der Waals surface area contributed by atoms with E-state index in [2.05, 4.69) is 20.9 Å². The molecule has 1 aromatic heterocycles. The van der Waals surface area contributed by atoms with Gasteiger partial charge in [0.05, 0.1) is 17.8 Å². The first-order chi connectivity index (χ1) is 8.08. The van der Waals surface area contributed by atoms with Gasteiger partial charge in [0.2, 0.25) is 0 Å². The standard InChI is InChI=1S/C11H9BrClN3O/c12-9-2-1-3-10(14)8(9)6-16-5-7(13)4-15-11(16)17/h1-5H,6,14H2. The second-order valence-electron chi connectivity index (χ2n) is 3.49. The molecule has 2 aromatic rings. The highest BCUT2D eigenvalue weighted by Crippen LogP contribution is 2.23. The molecule has 0 amide bonds. The second-order valence-corrected chi connectivity index (χ2v) is 4.78. The van der Waals surface area contributed by atoms with Crippen molar-refractivity contribution >= 4 is 33.2 Å². The predicted molar refractivity (Wildman–Crippen MR) is 71.2 cm³/mol. The van der Waals surface area contributed by atoms with Crippen LogP contribution in [0.25, 0.3) is 0 Å². The van der Waals surface area contributed by atoms with Crippen LogP contribution in [-0.4, -0.2) is 9.55 Å². The predicted octanol–water partition coefficient (Wildman–Crippen LogP) is 2.29. The first-order valence-electron chi connectivity index (χ1n) is 4.83. The number of aromatic nitrogens is 2. The molecule has 0 atom stereocenters. The molecule has 0 unspecified atom stereocenters. The minimum atomic E-state index is -0.357. The molecule has 0 aliphatic rings. The maximum absolute atomic E-state index is 11.5. The Labute approximate surface area is 111 Å². The summed E-state index contributed by atoms with van der Waals surface area (Å²) in [6.45, 7) is 0.333. The van der Waals surface area contributed by atoms with Crippen LogP contribution in [-0.2, 0) is 6.54 Å². The van der Waals surface area contributed by atoms with E-state index in [-0.39, 0.29) is 5.69 Å². The van der Waals surface area contributed by atoms with Gasteiger partial charge in [-0.2, -0.15) is 0 Å². The van der Waals surface area contributed by atoms with Crippen LogP contribution in [0.1, 0.15) is 5.56 Å². The first kappa shape index (κ1) is 12.1. The fourth-order valence-corrected chi connectivity index (χ4v) is 2.13. The highest BCUT2D eigenvalue weighted by atomic mass is 79.9. The van der Waals surface area contributed by atoms with Gasteiger partial charge < -0.3 is 5.73 Å². The molecular formula is C11H9BrClN3O. The van der Waals surface area contributed by atoms with Crippen molar-refractivity contribution in [3.63, 3.8) is 0 Å². The summed E-state index contributed by atoms with van der Waals surface area (Å²) >= 11 is 9.20. The third-order valence-electron chi connectivity index (χ3n) is 2.31. The van der Waals surface area contributed by atoms with Crippen molar-refractivity contribution in [1.29, 1.82) is 0 Å². The molecule has 4 nitrogen and oxygen atoms in total. The Kier molecular flexibility index (Phi) is 3.49. The van der Waals surface area contributed by atoms with Crippen LogP contribution in [0.5, 0.6) is 0 Å². The van der Waals surface area contributed by atoms with E-state index in [9.17, 15) is 4.79 Å². The molecule has 0 aliphatic heterocycles. The van der Waals surface area contributed by atoms with Gasteiger partial charge in [-0.3, -0.25) is 4.57 Å². The number of benzene rings is 1. The molecule has 0 fully saturated rings. The van der Waals surface area contributed by atoms with E-state index in [0.29, 0.717) is 17.3 Å². The van der Waals surface area contributed by atoms with Gasteiger partial charge in [0.25, 0.3) is 0 Å². The number of nitrogen functional groups attached to an aromatic ring is 1. The molecule has 0 spiro atoms. The van der Waals surface area contributed by atoms with Crippen LogP contribution in [0, 0.1) is 0 Å². The second kappa shape index (κ2) is 4.89. The van der Waals surface area contributed by atoms with Crippen LogP contribution in [0.2, 0.25) is 5.02 Å². The first-order valence-corrected chi connectivity index (χ1v) is 6.00. The quantitative estimate of drug-likeness (QED) is 0.865. The number of nitrogens with two attached hydrogens (primary N) is 1. The summed E-state index contributed by atoms with van der Waals surface area (Å²) in [6, 6.07) is 5.49. The number of hydrogen-bond acceptors (Lipinski definition) is 3. The van der Waals surface area contributed by atoms with Crippen LogP contribution in [0.3, 0.4) is 0 Å². The summed E-state index contributed by atoms with van der Waals surface area (Å²) < 4.78 is 2.27. The Morgan fingerprint density at radius 2 is 2.24 bits per heavy atom. The van der Waals surface area contributed by atoms with Gasteiger partial charge in [-0.05, 0) is 12.1 Å². The summed E-state index contributed by atoms with van der Waals surface area (Å²) in [5.74, 6) is 0. The lowest BCUT2D eigenvalue weighted by Gasteiger charge is -2.10. The van der Waals surface area contributed by atoms with Crippen molar-refractivity contribution in [3.05, 3.63) is 56.1 Å². The van der Waals surface area contributed by atoms with Gasteiger partial charge in [-0.25, -0.2) is 9.78 Å². The minimum absolute atomic E-state index is 0.333. The SMILES string of the molecule is Nc1cccc(Br)c1Cn1cc(Cl)cnc1=O. The normalized spacial score (nSPS) is 10.5. The average molecular weight is 315 g/mol. The minimum Gasteiger partial charge on any atom is -0.398 e. The summed E-state index contributed by atoms with van der Waals surface area (Å²) in [5.41, 5.74) is 6.95. The number of anilines is 1. The van der Waals surface area contributed by atoms with Gasteiger partial charge in [0.1, 0.15) is 0 Å². The van der Waals surface area contributed by atoms with E-state index in [1.807, 2.05) is 12.1 Å². The average Bonchev–Trinajstić information content (AvgIpc) is 2.28. The van der Waals surface area contributed by atoms with Crippen LogP contribution >= 0.6 is 27.5 Å². The zero-order valence-electron chi connectivity index (χ0n) is 8.73. The molecule has 2 N–H and O–H groups in total. The molecule has 0 radical (unpaired) electrons. The van der Waals surface area contributed by atoms with Crippen molar-refractivity contribution in [1.82, 2.24) is 9.55 Å². The van der Waals surface area contributed by atoms with Crippen molar-refractivity contribution in [2.24, 2.45) is 0 Å². The summed E-state index contributed by atoms with van der Waals surface area (Å²) in [4.78, 5) is 15.2. The van der Waals surface area contributed by atoms with E-state index < -0.39 is 0 Å². The number of nitrogens with zero attached hydrogens (tertiary/aromatic N) is 2. The number of hydrogen-bond donors (Lipinski definition) is 1. The van der Waals surface area contributed by atoms with Gasteiger partial charge in [-0.1, -0.05) is 33.6 Å². The van der Waals surface area contributed by atoms with Crippen LogP contribution in [0.15, 0.2) is 39.9 Å². The van der Waals surface area contributed by atoms with Gasteiger partial charge in [0.15, 0.2) is 0 Å². The molecule has 88 valence electrons. The fourth-order valence-electron chi connectivity index (χ4n) is 1.45. The van der Waals surface area contributed by atoms with Crippen molar-refractivity contribution in [2.75, 3.05) is 5.73 Å². The third kappa shape index (κ3) is 2.68. The monoisotopic (exact) mass is 313 g/mol. The van der Waals surface area contributed by atoms with E-state index in [0.717, 1.165) is 10.0 Å². The topological polar surface area (TPSA) is 60.9 Å². The number of rotatable bonds is 2. The Balaban J connectivity index is 2.45. The molecule has 0 bridgehead atoms. The van der Waals surface area contributed by atoms with Gasteiger partial charge in [-0.15, -0.1) is 0 Å². The van der Waals surface area contributed by atoms with Crippen molar-refractivity contribution in [2.45, 2.75) is 6.54 Å². The number of halogens is 2. The molecule has 0 saturated heterocycles. The maximum atomic E-state index is 11.5. The Morgan fingerprint density at radius 1 is 1.47 bits per heavy atom. The zero-order chi connectivity index (χ0) is 12.4.